The minimum atomic E-state index is -0.287. The van der Waals surface area contributed by atoms with E-state index in [-0.39, 0.29) is 12.1 Å². The van der Waals surface area contributed by atoms with E-state index in [9.17, 15) is 4.79 Å². The fourth-order valence-corrected chi connectivity index (χ4v) is 2.29. The second-order valence-corrected chi connectivity index (χ2v) is 5.02. The van der Waals surface area contributed by atoms with Crippen molar-refractivity contribution in [3.05, 3.63) is 0 Å². The van der Waals surface area contributed by atoms with Crippen LogP contribution >= 0.6 is 0 Å². The zero-order chi connectivity index (χ0) is 12.1. The van der Waals surface area contributed by atoms with Gasteiger partial charge in [0.25, 0.3) is 0 Å². The van der Waals surface area contributed by atoms with Crippen molar-refractivity contribution < 1.29 is 9.53 Å². The first-order chi connectivity index (χ1) is 7.52. The maximum absolute atomic E-state index is 11.3. The van der Waals surface area contributed by atoms with Crippen LogP contribution in [0, 0.1) is 11.8 Å². The summed E-state index contributed by atoms with van der Waals surface area (Å²) in [5.41, 5.74) is 0. The molecule has 94 valence electrons. The molecule has 1 aliphatic rings. The highest BCUT2D eigenvalue weighted by Crippen LogP contribution is 2.22. The van der Waals surface area contributed by atoms with Gasteiger partial charge in [0, 0.05) is 19.1 Å². The zero-order valence-corrected chi connectivity index (χ0v) is 10.8. The van der Waals surface area contributed by atoms with Gasteiger partial charge in [-0.2, -0.15) is 0 Å². The first-order valence-corrected chi connectivity index (χ1v) is 6.14. The molecule has 0 bridgehead atoms. The van der Waals surface area contributed by atoms with Gasteiger partial charge in [0.15, 0.2) is 0 Å². The highest BCUT2D eigenvalue weighted by Gasteiger charge is 2.28. The number of likely N-dealkylation sites (tertiary alicyclic amines) is 1. The van der Waals surface area contributed by atoms with E-state index < -0.39 is 0 Å². The first-order valence-electron chi connectivity index (χ1n) is 6.14. The van der Waals surface area contributed by atoms with Crippen molar-refractivity contribution in [2.75, 3.05) is 26.7 Å². The van der Waals surface area contributed by atoms with Gasteiger partial charge in [0.1, 0.15) is 0 Å². The number of carbonyl (C=O) groups is 1. The van der Waals surface area contributed by atoms with Gasteiger partial charge in [-0.1, -0.05) is 13.8 Å². The summed E-state index contributed by atoms with van der Waals surface area (Å²) in [5.74, 6) is 1.32. The lowest BCUT2D eigenvalue weighted by Crippen LogP contribution is -2.50. The third-order valence-corrected chi connectivity index (χ3v) is 3.21. The van der Waals surface area contributed by atoms with Crippen LogP contribution in [0.5, 0.6) is 0 Å². The molecule has 1 fully saturated rings. The van der Waals surface area contributed by atoms with Crippen molar-refractivity contribution in [1.29, 1.82) is 0 Å². The number of hydrogen-bond acceptors (Lipinski definition) is 3. The van der Waals surface area contributed by atoms with Crippen LogP contribution in [0.3, 0.4) is 0 Å². The highest BCUT2D eigenvalue weighted by molar-refractivity contribution is 5.67. The van der Waals surface area contributed by atoms with Gasteiger partial charge < -0.3 is 15.0 Å². The van der Waals surface area contributed by atoms with Crippen molar-refractivity contribution in [2.24, 2.45) is 11.8 Å². The number of likely N-dealkylation sites (N-methyl/N-ethyl adjacent to an activating group) is 1. The van der Waals surface area contributed by atoms with E-state index in [0.29, 0.717) is 18.4 Å². The van der Waals surface area contributed by atoms with Crippen LogP contribution in [0.15, 0.2) is 0 Å². The van der Waals surface area contributed by atoms with E-state index in [2.05, 4.69) is 31.1 Å². The van der Waals surface area contributed by atoms with Crippen LogP contribution in [0.25, 0.3) is 0 Å². The number of nitrogens with zero attached hydrogens (tertiary/aromatic N) is 1. The Hall–Kier alpha value is -0.770. The SMILES string of the molecule is CCOC(=O)NC1CC(C(C)C)CN(C)C1. The Labute approximate surface area is 98.3 Å². The molecule has 1 saturated heterocycles. The Morgan fingerprint density at radius 3 is 2.75 bits per heavy atom. The number of nitrogens with one attached hydrogen (secondary N) is 1. The van der Waals surface area contributed by atoms with E-state index in [1.807, 2.05) is 6.92 Å². The molecular formula is C12H24N2O2. The van der Waals surface area contributed by atoms with Crippen molar-refractivity contribution in [2.45, 2.75) is 33.2 Å². The Morgan fingerprint density at radius 2 is 2.19 bits per heavy atom. The minimum Gasteiger partial charge on any atom is -0.450 e. The van der Waals surface area contributed by atoms with Crippen molar-refractivity contribution in [1.82, 2.24) is 10.2 Å². The van der Waals surface area contributed by atoms with Gasteiger partial charge in [-0.05, 0) is 32.2 Å². The molecule has 0 saturated carbocycles. The monoisotopic (exact) mass is 228 g/mol. The number of carbonyl (C=O) groups excluding carboxylic acids is 1. The molecule has 16 heavy (non-hydrogen) atoms. The van der Waals surface area contributed by atoms with Crippen LogP contribution in [0.1, 0.15) is 27.2 Å². The summed E-state index contributed by atoms with van der Waals surface area (Å²) in [6, 6.07) is 0.227. The standard InChI is InChI=1S/C12H24N2O2/c1-5-16-12(15)13-11-6-10(9(2)3)7-14(4)8-11/h9-11H,5-8H2,1-4H3,(H,13,15). The maximum atomic E-state index is 11.3. The quantitative estimate of drug-likeness (QED) is 0.799. The van der Waals surface area contributed by atoms with E-state index in [0.717, 1.165) is 19.5 Å². The second kappa shape index (κ2) is 6.09. The largest absolute Gasteiger partial charge is 0.450 e. The molecule has 4 nitrogen and oxygen atoms in total. The molecular weight excluding hydrogens is 204 g/mol. The smallest absolute Gasteiger partial charge is 0.407 e. The van der Waals surface area contributed by atoms with E-state index >= 15 is 0 Å². The summed E-state index contributed by atoms with van der Waals surface area (Å²) in [5, 5.41) is 2.93. The fraction of sp³-hybridized carbons (Fsp3) is 0.917. The van der Waals surface area contributed by atoms with Crippen LogP contribution in [0.4, 0.5) is 4.79 Å². The number of ether oxygens (including phenoxy) is 1. The van der Waals surface area contributed by atoms with Gasteiger partial charge in [-0.3, -0.25) is 0 Å². The Kier molecular flexibility index (Phi) is 5.06. The summed E-state index contributed by atoms with van der Waals surface area (Å²) in [6.45, 7) is 8.78. The molecule has 2 unspecified atom stereocenters. The Morgan fingerprint density at radius 1 is 1.50 bits per heavy atom. The molecule has 1 N–H and O–H groups in total. The van der Waals surface area contributed by atoms with E-state index in [4.69, 9.17) is 4.74 Å². The first kappa shape index (κ1) is 13.3. The molecule has 0 aromatic heterocycles. The molecule has 2 atom stereocenters. The Balaban J connectivity index is 2.44. The molecule has 1 amide bonds. The van der Waals surface area contributed by atoms with E-state index in [1.165, 1.54) is 0 Å². The summed E-state index contributed by atoms with van der Waals surface area (Å²) >= 11 is 0. The summed E-state index contributed by atoms with van der Waals surface area (Å²) in [6.07, 6.45) is 0.770. The van der Waals surface area contributed by atoms with Gasteiger partial charge in [-0.15, -0.1) is 0 Å². The van der Waals surface area contributed by atoms with Crippen LogP contribution in [0.2, 0.25) is 0 Å². The zero-order valence-electron chi connectivity index (χ0n) is 10.8. The minimum absolute atomic E-state index is 0.227. The van der Waals surface area contributed by atoms with Crippen molar-refractivity contribution in [3.8, 4) is 0 Å². The average Bonchev–Trinajstić information content (AvgIpc) is 2.16. The average molecular weight is 228 g/mol. The topological polar surface area (TPSA) is 41.6 Å². The molecule has 0 spiro atoms. The Bertz CT molecular complexity index is 231. The number of amides is 1. The van der Waals surface area contributed by atoms with Crippen LogP contribution in [-0.2, 0) is 4.74 Å². The normalized spacial score (nSPS) is 26.8. The third kappa shape index (κ3) is 4.00. The molecule has 0 aromatic carbocycles. The molecule has 1 aliphatic heterocycles. The van der Waals surface area contributed by atoms with Gasteiger partial charge >= 0.3 is 6.09 Å². The van der Waals surface area contributed by atoms with Crippen LogP contribution in [-0.4, -0.2) is 43.8 Å². The number of piperidine rings is 1. The summed E-state index contributed by atoms with van der Waals surface area (Å²) < 4.78 is 4.91. The molecule has 0 aromatic rings. The molecule has 0 aliphatic carbocycles. The molecule has 1 heterocycles. The van der Waals surface area contributed by atoms with E-state index in [1.54, 1.807) is 0 Å². The number of alkyl carbamates (subject to hydrolysis) is 1. The predicted molar refractivity (Wildman–Crippen MR) is 64.4 cm³/mol. The van der Waals surface area contributed by atoms with Gasteiger partial charge in [0.2, 0.25) is 0 Å². The third-order valence-electron chi connectivity index (χ3n) is 3.21. The van der Waals surface area contributed by atoms with Crippen molar-refractivity contribution >= 4 is 6.09 Å². The lowest BCUT2D eigenvalue weighted by atomic mass is 9.86. The fourth-order valence-electron chi connectivity index (χ4n) is 2.29. The van der Waals surface area contributed by atoms with Gasteiger partial charge in [0.05, 0.1) is 6.61 Å². The maximum Gasteiger partial charge on any atom is 0.407 e. The van der Waals surface area contributed by atoms with Crippen LogP contribution < -0.4 is 5.32 Å². The molecule has 4 heteroatoms. The molecule has 1 rings (SSSR count). The van der Waals surface area contributed by atoms with Gasteiger partial charge in [-0.25, -0.2) is 4.79 Å². The number of hydrogen-bond donors (Lipinski definition) is 1. The molecule has 0 radical (unpaired) electrons. The number of rotatable bonds is 3. The lowest BCUT2D eigenvalue weighted by molar-refractivity contribution is 0.116. The lowest BCUT2D eigenvalue weighted by Gasteiger charge is -2.37. The van der Waals surface area contributed by atoms with Crippen molar-refractivity contribution in [3.63, 3.8) is 0 Å². The second-order valence-electron chi connectivity index (χ2n) is 5.02. The summed E-state index contributed by atoms with van der Waals surface area (Å²) in [7, 11) is 2.11. The summed E-state index contributed by atoms with van der Waals surface area (Å²) in [4.78, 5) is 13.6. The highest BCUT2D eigenvalue weighted by atomic mass is 16.5. The predicted octanol–water partition coefficient (Wildman–Crippen LogP) is 1.71.